The molecule has 0 aliphatic rings. The molecule has 0 radical (unpaired) electrons. The van der Waals surface area contributed by atoms with Gasteiger partial charge in [0.2, 0.25) is 11.6 Å². The normalized spacial score (nSPS) is 11.1. The lowest BCUT2D eigenvalue weighted by atomic mass is 10.1. The number of ketones is 1. The second-order valence-corrected chi connectivity index (χ2v) is 5.82. The highest BCUT2D eigenvalue weighted by Gasteiger charge is 2.21. The van der Waals surface area contributed by atoms with Gasteiger partial charge in [-0.1, -0.05) is 12.1 Å². The van der Waals surface area contributed by atoms with E-state index in [-0.39, 0.29) is 23.4 Å². The van der Waals surface area contributed by atoms with Crippen LogP contribution in [0.1, 0.15) is 21.9 Å². The number of rotatable bonds is 7. The van der Waals surface area contributed by atoms with Crippen molar-refractivity contribution in [2.75, 3.05) is 7.11 Å². The van der Waals surface area contributed by atoms with E-state index in [4.69, 9.17) is 13.9 Å². The zero-order chi connectivity index (χ0) is 21.0. The summed E-state index contributed by atoms with van der Waals surface area (Å²) in [5.74, 6) is -6.96. The summed E-state index contributed by atoms with van der Waals surface area (Å²) in [4.78, 5) is 12.2. The summed E-state index contributed by atoms with van der Waals surface area (Å²) in [6.07, 6.45) is 2.67. The maximum atomic E-state index is 13.6. The van der Waals surface area contributed by atoms with Gasteiger partial charge < -0.3 is 13.9 Å². The fraction of sp³-hybridized carbons (Fsp3) is 0.0952. The van der Waals surface area contributed by atoms with Gasteiger partial charge in [0.25, 0.3) is 0 Å². The molecule has 3 rings (SSSR count). The van der Waals surface area contributed by atoms with Crippen LogP contribution in [0.3, 0.4) is 0 Å². The highest BCUT2D eigenvalue weighted by atomic mass is 19.2. The molecule has 4 nitrogen and oxygen atoms in total. The predicted molar refractivity (Wildman–Crippen MR) is 95.7 cm³/mol. The van der Waals surface area contributed by atoms with Crippen LogP contribution >= 0.6 is 0 Å². The molecule has 8 heteroatoms. The number of hydrogen-bond donors (Lipinski definition) is 0. The van der Waals surface area contributed by atoms with E-state index in [2.05, 4.69) is 0 Å². The highest BCUT2D eigenvalue weighted by molar-refractivity contribution is 6.06. The van der Waals surface area contributed by atoms with Gasteiger partial charge in [0.15, 0.2) is 23.2 Å². The van der Waals surface area contributed by atoms with Crippen molar-refractivity contribution in [3.63, 3.8) is 0 Å². The van der Waals surface area contributed by atoms with E-state index in [9.17, 15) is 22.4 Å². The minimum atomic E-state index is -1.64. The fourth-order valence-corrected chi connectivity index (χ4v) is 2.41. The van der Waals surface area contributed by atoms with Gasteiger partial charge in [0, 0.05) is 11.6 Å². The Morgan fingerprint density at radius 2 is 1.76 bits per heavy atom. The molecule has 0 saturated heterocycles. The lowest BCUT2D eigenvalue weighted by Gasteiger charge is -2.08. The molecule has 1 aromatic heterocycles. The fourth-order valence-electron chi connectivity index (χ4n) is 2.41. The van der Waals surface area contributed by atoms with E-state index < -0.39 is 35.6 Å². The molecule has 0 fully saturated rings. The topological polar surface area (TPSA) is 48.7 Å². The van der Waals surface area contributed by atoms with Gasteiger partial charge in [-0.2, -0.15) is 8.78 Å². The van der Waals surface area contributed by atoms with E-state index in [1.165, 1.54) is 31.4 Å². The van der Waals surface area contributed by atoms with Crippen molar-refractivity contribution < 1.29 is 36.2 Å². The first kappa shape index (κ1) is 20.2. The summed E-state index contributed by atoms with van der Waals surface area (Å²) < 4.78 is 68.8. The first-order valence-electron chi connectivity index (χ1n) is 8.30. The lowest BCUT2D eigenvalue weighted by Crippen LogP contribution is -2.03. The van der Waals surface area contributed by atoms with E-state index in [1.54, 1.807) is 24.3 Å². The number of ether oxygens (including phenoxy) is 2. The van der Waals surface area contributed by atoms with Crippen LogP contribution in [-0.4, -0.2) is 12.9 Å². The summed E-state index contributed by atoms with van der Waals surface area (Å²) in [7, 11) is 1.49. The molecule has 3 aromatic rings. The van der Waals surface area contributed by atoms with Crippen LogP contribution in [0.2, 0.25) is 0 Å². The van der Waals surface area contributed by atoms with Gasteiger partial charge in [-0.05, 0) is 36.4 Å². The van der Waals surface area contributed by atoms with Crippen molar-refractivity contribution in [1.82, 2.24) is 0 Å². The Labute approximate surface area is 163 Å². The zero-order valence-corrected chi connectivity index (χ0v) is 15.0. The Balaban J connectivity index is 1.67. The average molecular weight is 406 g/mol. The molecule has 0 unspecified atom stereocenters. The number of carbonyl (C=O) groups is 1. The van der Waals surface area contributed by atoms with Gasteiger partial charge >= 0.3 is 0 Å². The Kier molecular flexibility index (Phi) is 6.01. The van der Waals surface area contributed by atoms with Crippen molar-refractivity contribution in [3.8, 4) is 11.5 Å². The van der Waals surface area contributed by atoms with E-state index in [0.717, 1.165) is 0 Å². The number of hydrogen-bond acceptors (Lipinski definition) is 4. The molecular formula is C21H14F4O4. The summed E-state index contributed by atoms with van der Waals surface area (Å²) in [5.41, 5.74) is 0.412. The molecule has 0 spiro atoms. The maximum absolute atomic E-state index is 13.6. The van der Waals surface area contributed by atoms with Gasteiger partial charge in [0.05, 0.1) is 7.11 Å². The molecule has 0 atom stereocenters. The van der Waals surface area contributed by atoms with Gasteiger partial charge in [-0.25, -0.2) is 8.78 Å². The predicted octanol–water partition coefficient (Wildman–Crippen LogP) is 5.32. The van der Waals surface area contributed by atoms with Gasteiger partial charge in [0.1, 0.15) is 23.9 Å². The van der Waals surface area contributed by atoms with Crippen LogP contribution in [-0.2, 0) is 6.61 Å². The third kappa shape index (κ3) is 4.66. The summed E-state index contributed by atoms with van der Waals surface area (Å²) in [5, 5.41) is 0. The third-order valence-corrected chi connectivity index (χ3v) is 3.87. The number of halogens is 4. The Morgan fingerprint density at radius 1 is 1.03 bits per heavy atom. The first-order valence-corrected chi connectivity index (χ1v) is 8.30. The second kappa shape index (κ2) is 8.64. The Morgan fingerprint density at radius 3 is 2.45 bits per heavy atom. The quantitative estimate of drug-likeness (QED) is 0.231. The summed E-state index contributed by atoms with van der Waals surface area (Å²) in [6, 6.07) is 9.60. The molecule has 0 saturated carbocycles. The molecular weight excluding hydrogens is 392 g/mol. The number of allylic oxidation sites excluding steroid dienone is 1. The van der Waals surface area contributed by atoms with Crippen molar-refractivity contribution in [2.24, 2.45) is 0 Å². The van der Waals surface area contributed by atoms with Crippen molar-refractivity contribution >= 4 is 11.9 Å². The largest absolute Gasteiger partial charge is 0.497 e. The number of furan rings is 1. The van der Waals surface area contributed by atoms with Crippen LogP contribution < -0.4 is 9.47 Å². The van der Waals surface area contributed by atoms with Gasteiger partial charge in [-0.3, -0.25) is 4.79 Å². The maximum Gasteiger partial charge on any atom is 0.203 e. The zero-order valence-electron chi connectivity index (χ0n) is 15.0. The van der Waals surface area contributed by atoms with Crippen LogP contribution in [0.4, 0.5) is 17.6 Å². The van der Waals surface area contributed by atoms with Crippen molar-refractivity contribution in [1.29, 1.82) is 0 Å². The highest BCUT2D eigenvalue weighted by Crippen LogP contribution is 2.27. The van der Waals surface area contributed by atoms with E-state index in [0.29, 0.717) is 11.3 Å². The van der Waals surface area contributed by atoms with E-state index >= 15 is 0 Å². The number of carbonyl (C=O) groups excluding carboxylic acids is 1. The number of methoxy groups -OCH3 is 1. The molecule has 0 aliphatic heterocycles. The summed E-state index contributed by atoms with van der Waals surface area (Å²) in [6.45, 7) is -0.478. The van der Waals surface area contributed by atoms with Crippen molar-refractivity contribution in [3.05, 3.63) is 88.9 Å². The van der Waals surface area contributed by atoms with Crippen LogP contribution in [0, 0.1) is 23.3 Å². The van der Waals surface area contributed by atoms with Crippen LogP contribution in [0.15, 0.2) is 53.0 Å². The smallest absolute Gasteiger partial charge is 0.203 e. The minimum Gasteiger partial charge on any atom is -0.497 e. The first-order chi connectivity index (χ1) is 13.9. The average Bonchev–Trinajstić information content (AvgIpc) is 3.18. The Bertz CT molecular complexity index is 1050. The standard InChI is InChI=1S/C21H14F4O4/c1-27-14-4-2-3-12(9-14)18(26)8-7-13-5-6-15(29-13)11-28-21-19(24)16(22)10-17(23)20(21)25/h2-10H,11H2,1H3/b8-7+. The molecule has 1 heterocycles. The number of benzene rings is 2. The SMILES string of the molecule is COc1cccc(C(=O)/C=C/c2ccc(COc3c(F)c(F)cc(F)c3F)o2)c1. The molecule has 0 bridgehead atoms. The molecule has 29 heavy (non-hydrogen) atoms. The van der Waals surface area contributed by atoms with E-state index in [1.807, 2.05) is 0 Å². The second-order valence-electron chi connectivity index (χ2n) is 5.82. The lowest BCUT2D eigenvalue weighted by molar-refractivity contribution is 0.104. The molecule has 0 N–H and O–H groups in total. The third-order valence-electron chi connectivity index (χ3n) is 3.87. The molecule has 2 aromatic carbocycles. The van der Waals surface area contributed by atoms with Crippen molar-refractivity contribution in [2.45, 2.75) is 6.61 Å². The van der Waals surface area contributed by atoms with Crippen LogP contribution in [0.25, 0.3) is 6.08 Å². The molecule has 150 valence electrons. The molecule has 0 amide bonds. The Hall–Kier alpha value is -3.55. The molecule has 0 aliphatic carbocycles. The van der Waals surface area contributed by atoms with Crippen LogP contribution in [0.5, 0.6) is 11.5 Å². The monoisotopic (exact) mass is 406 g/mol. The minimum absolute atomic E-state index is 0.0899. The van der Waals surface area contributed by atoms with Gasteiger partial charge in [-0.15, -0.1) is 0 Å². The summed E-state index contributed by atoms with van der Waals surface area (Å²) >= 11 is 0.